The number of thiophene rings is 1. The SMILES string of the molecule is NC1CCCCC1N1CCc2sccc2C1. The topological polar surface area (TPSA) is 29.3 Å². The molecule has 2 heterocycles. The van der Waals surface area contributed by atoms with Gasteiger partial charge in [-0.1, -0.05) is 12.8 Å². The number of hydrogen-bond donors (Lipinski definition) is 1. The normalized spacial score (nSPS) is 31.3. The Bertz CT molecular complexity index is 361. The maximum atomic E-state index is 6.27. The van der Waals surface area contributed by atoms with Gasteiger partial charge in [0.2, 0.25) is 0 Å². The van der Waals surface area contributed by atoms with Crippen molar-refractivity contribution in [3.63, 3.8) is 0 Å². The van der Waals surface area contributed by atoms with E-state index in [2.05, 4.69) is 16.3 Å². The highest BCUT2D eigenvalue weighted by Crippen LogP contribution is 2.29. The van der Waals surface area contributed by atoms with Gasteiger partial charge in [-0.25, -0.2) is 0 Å². The minimum atomic E-state index is 0.411. The monoisotopic (exact) mass is 236 g/mol. The molecule has 2 unspecified atom stereocenters. The molecule has 88 valence electrons. The van der Waals surface area contributed by atoms with Crippen LogP contribution in [0.25, 0.3) is 0 Å². The molecule has 1 aromatic rings. The van der Waals surface area contributed by atoms with E-state index in [9.17, 15) is 0 Å². The summed E-state index contributed by atoms with van der Waals surface area (Å²) >= 11 is 1.92. The van der Waals surface area contributed by atoms with E-state index in [1.54, 1.807) is 10.4 Å². The van der Waals surface area contributed by atoms with Crippen molar-refractivity contribution in [2.24, 2.45) is 5.73 Å². The quantitative estimate of drug-likeness (QED) is 0.811. The van der Waals surface area contributed by atoms with E-state index < -0.39 is 0 Å². The Labute approximate surface area is 101 Å². The first-order chi connectivity index (χ1) is 7.84. The van der Waals surface area contributed by atoms with Crippen LogP contribution >= 0.6 is 11.3 Å². The lowest BCUT2D eigenvalue weighted by molar-refractivity contribution is 0.124. The van der Waals surface area contributed by atoms with Gasteiger partial charge in [0.15, 0.2) is 0 Å². The van der Waals surface area contributed by atoms with Crippen LogP contribution in [0.3, 0.4) is 0 Å². The first kappa shape index (κ1) is 10.8. The van der Waals surface area contributed by atoms with Crippen LogP contribution in [-0.4, -0.2) is 23.5 Å². The van der Waals surface area contributed by atoms with Gasteiger partial charge in [-0.15, -0.1) is 11.3 Å². The van der Waals surface area contributed by atoms with Crippen LogP contribution in [0, 0.1) is 0 Å². The zero-order valence-electron chi connectivity index (χ0n) is 9.69. The minimum absolute atomic E-state index is 0.411. The smallest absolute Gasteiger partial charge is 0.0250 e. The molecule has 0 spiro atoms. The first-order valence-corrected chi connectivity index (χ1v) is 7.27. The van der Waals surface area contributed by atoms with Crippen LogP contribution in [0.4, 0.5) is 0 Å². The van der Waals surface area contributed by atoms with Gasteiger partial charge in [-0.3, -0.25) is 4.90 Å². The highest BCUT2D eigenvalue weighted by Gasteiger charge is 2.29. The number of nitrogens with zero attached hydrogens (tertiary/aromatic N) is 1. The number of nitrogens with two attached hydrogens (primary N) is 1. The summed E-state index contributed by atoms with van der Waals surface area (Å²) in [4.78, 5) is 4.22. The van der Waals surface area contributed by atoms with Crippen molar-refractivity contribution in [2.75, 3.05) is 6.54 Å². The van der Waals surface area contributed by atoms with Crippen molar-refractivity contribution in [1.29, 1.82) is 0 Å². The fourth-order valence-corrected chi connectivity index (χ4v) is 4.04. The van der Waals surface area contributed by atoms with Crippen LogP contribution in [0.15, 0.2) is 11.4 Å². The molecule has 2 N–H and O–H groups in total. The molecule has 1 saturated carbocycles. The van der Waals surface area contributed by atoms with Crippen molar-refractivity contribution >= 4 is 11.3 Å². The maximum absolute atomic E-state index is 6.27. The van der Waals surface area contributed by atoms with E-state index in [0.717, 1.165) is 6.54 Å². The Morgan fingerprint density at radius 1 is 1.31 bits per heavy atom. The maximum Gasteiger partial charge on any atom is 0.0250 e. The predicted octanol–water partition coefficient (Wildman–Crippen LogP) is 2.38. The Hall–Kier alpha value is -0.380. The fourth-order valence-electron chi connectivity index (χ4n) is 3.15. The lowest BCUT2D eigenvalue weighted by Gasteiger charge is -2.40. The molecule has 1 aromatic heterocycles. The Balaban J connectivity index is 1.72. The molecule has 1 aliphatic carbocycles. The molecular weight excluding hydrogens is 216 g/mol. The molecule has 1 aliphatic heterocycles. The molecule has 1 fully saturated rings. The summed E-state index contributed by atoms with van der Waals surface area (Å²) in [5.41, 5.74) is 7.82. The second-order valence-electron chi connectivity index (χ2n) is 5.11. The van der Waals surface area contributed by atoms with E-state index in [1.807, 2.05) is 11.3 Å². The molecule has 0 amide bonds. The molecule has 3 rings (SSSR count). The van der Waals surface area contributed by atoms with Gasteiger partial charge in [0, 0.05) is 30.1 Å². The summed E-state index contributed by atoms with van der Waals surface area (Å²) in [6.45, 7) is 2.35. The number of rotatable bonds is 1. The number of fused-ring (bicyclic) bond motifs is 1. The van der Waals surface area contributed by atoms with Crippen molar-refractivity contribution < 1.29 is 0 Å². The molecule has 0 aromatic carbocycles. The average molecular weight is 236 g/mol. The third kappa shape index (κ3) is 1.92. The van der Waals surface area contributed by atoms with Gasteiger partial charge in [-0.05, 0) is 36.3 Å². The molecule has 2 atom stereocenters. The van der Waals surface area contributed by atoms with Crippen LogP contribution < -0.4 is 5.73 Å². The van der Waals surface area contributed by atoms with Crippen LogP contribution in [0.2, 0.25) is 0 Å². The van der Waals surface area contributed by atoms with E-state index in [4.69, 9.17) is 5.73 Å². The average Bonchev–Trinajstić information content (AvgIpc) is 2.76. The summed E-state index contributed by atoms with van der Waals surface area (Å²) in [6.07, 6.45) is 6.45. The van der Waals surface area contributed by atoms with Gasteiger partial charge in [0.05, 0.1) is 0 Å². The Morgan fingerprint density at radius 3 is 3.06 bits per heavy atom. The van der Waals surface area contributed by atoms with Gasteiger partial charge in [-0.2, -0.15) is 0 Å². The second-order valence-corrected chi connectivity index (χ2v) is 6.11. The summed E-state index contributed by atoms with van der Waals surface area (Å²) in [5, 5.41) is 2.23. The lowest BCUT2D eigenvalue weighted by atomic mass is 9.88. The summed E-state index contributed by atoms with van der Waals surface area (Å²) in [6, 6.07) is 3.34. The predicted molar refractivity (Wildman–Crippen MR) is 68.7 cm³/mol. The van der Waals surface area contributed by atoms with Crippen molar-refractivity contribution in [1.82, 2.24) is 4.90 Å². The van der Waals surface area contributed by atoms with Crippen molar-refractivity contribution in [3.8, 4) is 0 Å². The van der Waals surface area contributed by atoms with Crippen LogP contribution in [0.1, 0.15) is 36.1 Å². The molecule has 16 heavy (non-hydrogen) atoms. The molecule has 3 heteroatoms. The van der Waals surface area contributed by atoms with E-state index in [0.29, 0.717) is 12.1 Å². The molecule has 2 aliphatic rings. The third-order valence-corrected chi connectivity index (χ3v) is 5.11. The van der Waals surface area contributed by atoms with Gasteiger partial charge < -0.3 is 5.73 Å². The lowest BCUT2D eigenvalue weighted by Crippen LogP contribution is -2.50. The molecule has 0 saturated heterocycles. The van der Waals surface area contributed by atoms with E-state index in [1.165, 1.54) is 38.6 Å². The van der Waals surface area contributed by atoms with Crippen molar-refractivity contribution in [3.05, 3.63) is 21.9 Å². The zero-order chi connectivity index (χ0) is 11.0. The summed E-state index contributed by atoms with van der Waals surface area (Å²) in [5.74, 6) is 0. The number of hydrogen-bond acceptors (Lipinski definition) is 3. The summed E-state index contributed by atoms with van der Waals surface area (Å²) < 4.78 is 0. The fraction of sp³-hybridized carbons (Fsp3) is 0.692. The van der Waals surface area contributed by atoms with Gasteiger partial charge in [0.25, 0.3) is 0 Å². The van der Waals surface area contributed by atoms with Crippen LogP contribution in [-0.2, 0) is 13.0 Å². The second kappa shape index (κ2) is 4.47. The highest BCUT2D eigenvalue weighted by molar-refractivity contribution is 7.10. The van der Waals surface area contributed by atoms with Crippen molar-refractivity contribution in [2.45, 2.75) is 50.7 Å². The highest BCUT2D eigenvalue weighted by atomic mass is 32.1. The van der Waals surface area contributed by atoms with Gasteiger partial charge in [0.1, 0.15) is 0 Å². The summed E-state index contributed by atoms with van der Waals surface area (Å²) in [7, 11) is 0. The van der Waals surface area contributed by atoms with E-state index in [-0.39, 0.29) is 0 Å². The van der Waals surface area contributed by atoms with Gasteiger partial charge >= 0.3 is 0 Å². The third-order valence-electron chi connectivity index (χ3n) is 4.09. The largest absolute Gasteiger partial charge is 0.326 e. The Kier molecular flexibility index (Phi) is 3.01. The van der Waals surface area contributed by atoms with E-state index >= 15 is 0 Å². The molecule has 0 radical (unpaired) electrons. The zero-order valence-corrected chi connectivity index (χ0v) is 10.5. The first-order valence-electron chi connectivity index (χ1n) is 6.39. The molecule has 0 bridgehead atoms. The minimum Gasteiger partial charge on any atom is -0.326 e. The molecule has 2 nitrogen and oxygen atoms in total. The Morgan fingerprint density at radius 2 is 2.19 bits per heavy atom. The van der Waals surface area contributed by atoms with Crippen LogP contribution in [0.5, 0.6) is 0 Å². The standard InChI is InChI=1S/C13H20N2S/c14-11-3-1-2-4-12(11)15-7-5-13-10(9-15)6-8-16-13/h6,8,11-12H,1-5,7,9,14H2. The molecular formula is C13H20N2S.